The molecule has 1 aliphatic rings. The van der Waals surface area contributed by atoms with Crippen molar-refractivity contribution < 1.29 is 63.1 Å². The lowest BCUT2D eigenvalue weighted by Crippen LogP contribution is -2.80. The molecule has 0 aromatic carbocycles. The summed E-state index contributed by atoms with van der Waals surface area (Å²) >= 11 is 0. The lowest BCUT2D eigenvalue weighted by Gasteiger charge is -2.53. The highest BCUT2D eigenvalue weighted by molar-refractivity contribution is 7.47. The van der Waals surface area contributed by atoms with Crippen LogP contribution < -0.4 is 0 Å². The molecule has 7 atom stereocenters. The summed E-state index contributed by atoms with van der Waals surface area (Å²) in [6.07, 6.45) is 17.6. The van der Waals surface area contributed by atoms with Gasteiger partial charge in [-0.15, -0.1) is 0 Å². The Morgan fingerprint density at radius 1 is 0.509 bits per heavy atom. The molecule has 0 aromatic heterocycles. The van der Waals surface area contributed by atoms with Gasteiger partial charge in [0.05, 0.1) is 6.61 Å². The molecule has 0 saturated heterocycles. The van der Waals surface area contributed by atoms with Crippen LogP contribution in [0.25, 0.3) is 0 Å². The van der Waals surface area contributed by atoms with Gasteiger partial charge in [0, 0.05) is 12.8 Å². The van der Waals surface area contributed by atoms with Crippen LogP contribution in [0.15, 0.2) is 0 Å². The number of rotatable bonds is 35. The Morgan fingerprint density at radius 3 is 1.18 bits per heavy atom. The minimum Gasteiger partial charge on any atom is -0.423 e. The van der Waals surface area contributed by atoms with E-state index in [0.29, 0.717) is 25.7 Å². The summed E-state index contributed by atoms with van der Waals surface area (Å²) in [5.74, 6) is -9.45. The third kappa shape index (κ3) is 20.4. The van der Waals surface area contributed by atoms with Crippen molar-refractivity contribution in [1.82, 2.24) is 0 Å². The molecule has 55 heavy (non-hydrogen) atoms. The van der Waals surface area contributed by atoms with Gasteiger partial charge in [-0.3, -0.25) is 18.6 Å². The van der Waals surface area contributed by atoms with Crippen LogP contribution in [0.2, 0.25) is 0 Å². The number of phosphoric ester groups is 1. The Morgan fingerprint density at radius 2 is 0.836 bits per heavy atom. The Balaban J connectivity index is 2.79. The van der Waals surface area contributed by atoms with Gasteiger partial charge >= 0.3 is 31.3 Å². The first-order valence-corrected chi connectivity index (χ1v) is 23.4. The highest BCUT2D eigenvalue weighted by Crippen LogP contribution is 2.51. The minimum atomic E-state index is -5.13. The van der Waals surface area contributed by atoms with Crippen molar-refractivity contribution in [2.75, 3.05) is 6.61 Å². The Kier molecular flexibility index (Phi) is 28.3. The predicted octanol–water partition coefficient (Wildman–Crippen LogP) is 8.42. The summed E-state index contributed by atoms with van der Waals surface area (Å²) in [6.45, 7) is 5.77. The van der Waals surface area contributed by atoms with Crippen LogP contribution in [-0.4, -0.2) is 85.0 Å². The second kappa shape index (κ2) is 30.0. The fourth-order valence-electron chi connectivity index (χ4n) is 7.05. The fourth-order valence-corrected chi connectivity index (χ4v) is 8.08. The number of carbonyl (C=O) groups is 2. The lowest BCUT2D eigenvalue weighted by molar-refractivity contribution is -0.440. The molecule has 0 heterocycles. The second-order valence-corrected chi connectivity index (χ2v) is 17.0. The molecule has 14 heteroatoms. The van der Waals surface area contributed by atoms with Gasteiger partial charge in [-0.1, -0.05) is 175 Å². The smallest absolute Gasteiger partial charge is 0.423 e. The van der Waals surface area contributed by atoms with Crippen molar-refractivity contribution in [2.45, 2.75) is 243 Å². The molecule has 1 saturated carbocycles. The number of carbonyl (C=O) groups excluding carboxylic acids is 2. The number of hydrogen-bond donors (Lipinski definition) is 6. The molecule has 0 radical (unpaired) electrons. The topological polar surface area (TPSA) is 210 Å². The van der Waals surface area contributed by atoms with E-state index < -0.39 is 55.8 Å². The number of esters is 2. The molecule has 0 bridgehead atoms. The van der Waals surface area contributed by atoms with Crippen LogP contribution in [0.3, 0.4) is 0 Å². The van der Waals surface area contributed by atoms with Crippen molar-refractivity contribution in [3.63, 3.8) is 0 Å². The molecule has 1 aliphatic carbocycles. The van der Waals surface area contributed by atoms with Crippen LogP contribution >= 0.6 is 7.82 Å². The zero-order valence-electron chi connectivity index (χ0n) is 34.5. The first kappa shape index (κ1) is 51.9. The first-order chi connectivity index (χ1) is 26.3. The number of ether oxygens (including phenoxy) is 2. The number of hydrogen-bond acceptors (Lipinski definition) is 12. The van der Waals surface area contributed by atoms with Gasteiger partial charge < -0.3 is 39.9 Å². The Labute approximate surface area is 331 Å². The molecule has 0 spiro atoms. The third-order valence-electron chi connectivity index (χ3n) is 10.5. The molecule has 6 N–H and O–H groups in total. The molecule has 0 amide bonds. The van der Waals surface area contributed by atoms with E-state index in [4.69, 9.17) is 18.5 Å². The zero-order chi connectivity index (χ0) is 41.0. The first-order valence-electron chi connectivity index (χ1n) is 21.9. The maximum absolute atomic E-state index is 13.1. The summed E-state index contributed by atoms with van der Waals surface area (Å²) in [4.78, 5) is 36.4. The molecule has 0 aromatic rings. The number of aliphatic hydroxyl groups is 5. The molecular formula is C41H79O13P. The van der Waals surface area contributed by atoms with Crippen molar-refractivity contribution in [2.24, 2.45) is 0 Å². The van der Waals surface area contributed by atoms with Gasteiger partial charge in [0.1, 0.15) is 12.2 Å². The van der Waals surface area contributed by atoms with Gasteiger partial charge in [0.25, 0.3) is 0 Å². The summed E-state index contributed by atoms with van der Waals surface area (Å²) in [7, 11) is -5.13. The molecular weight excluding hydrogens is 731 g/mol. The Bertz CT molecular complexity index is 1050. The van der Waals surface area contributed by atoms with Crippen LogP contribution in [0.5, 0.6) is 0 Å². The Hall–Kier alpha value is -1.15. The molecule has 13 nitrogen and oxygen atoms in total. The molecule has 1 fully saturated rings. The van der Waals surface area contributed by atoms with Gasteiger partial charge in [-0.2, -0.15) is 0 Å². The lowest BCUT2D eigenvalue weighted by atomic mass is 9.79. The van der Waals surface area contributed by atoms with Crippen LogP contribution in [-0.2, 0) is 32.7 Å². The van der Waals surface area contributed by atoms with Crippen molar-refractivity contribution >= 4 is 19.8 Å². The highest BCUT2D eigenvalue weighted by atomic mass is 31.2. The summed E-state index contributed by atoms with van der Waals surface area (Å²) in [5.41, 5.74) is 0. The largest absolute Gasteiger partial charge is 0.472 e. The third-order valence-corrected chi connectivity index (χ3v) is 11.5. The predicted molar refractivity (Wildman–Crippen MR) is 212 cm³/mol. The van der Waals surface area contributed by atoms with E-state index in [1.54, 1.807) is 6.92 Å². The van der Waals surface area contributed by atoms with E-state index in [9.17, 15) is 44.6 Å². The van der Waals surface area contributed by atoms with Crippen molar-refractivity contribution in [1.29, 1.82) is 0 Å². The maximum Gasteiger partial charge on any atom is 0.472 e. The second-order valence-electron chi connectivity index (χ2n) is 15.6. The fraction of sp³-hybridized carbons (Fsp3) is 0.951. The van der Waals surface area contributed by atoms with E-state index in [2.05, 4.69) is 13.8 Å². The number of unbranched alkanes of at least 4 members (excludes halogenated alkanes) is 24. The number of aliphatic hydroxyl groups excluding tert-OH is 3. The minimum absolute atomic E-state index is 0.252. The van der Waals surface area contributed by atoms with Crippen LogP contribution in [0.1, 0.15) is 207 Å². The highest BCUT2D eigenvalue weighted by Gasteiger charge is 2.74. The van der Waals surface area contributed by atoms with E-state index in [0.717, 1.165) is 51.4 Å². The van der Waals surface area contributed by atoms with Crippen LogP contribution in [0, 0.1) is 0 Å². The average molecular weight is 811 g/mol. The van der Waals surface area contributed by atoms with Gasteiger partial charge in [-0.05, 0) is 19.3 Å². The quantitative estimate of drug-likeness (QED) is 0.0154. The van der Waals surface area contributed by atoms with Gasteiger partial charge in [0.2, 0.25) is 0 Å². The average Bonchev–Trinajstić information content (AvgIpc) is 3.15. The summed E-state index contributed by atoms with van der Waals surface area (Å²) < 4.78 is 32.9. The zero-order valence-corrected chi connectivity index (χ0v) is 35.4. The van der Waals surface area contributed by atoms with Crippen molar-refractivity contribution in [3.05, 3.63) is 0 Å². The van der Waals surface area contributed by atoms with E-state index in [-0.39, 0.29) is 25.9 Å². The van der Waals surface area contributed by atoms with E-state index in [1.807, 2.05) is 0 Å². The SMILES string of the molecule is CCCCCCCCCCCCCCCC(=O)O[C@@]1(O)[C@H](OP(=O)(O)OCCC)[C@@H](O)[C@H](O)[C@@H](O)[C@@]1(O)OC(=O)CCCCCCCCCCCCCCC. The monoisotopic (exact) mass is 811 g/mol. The normalized spacial score (nSPS) is 25.1. The standard InChI is InChI=1S/C41H79O13P/c1-4-7-9-11-13-15-17-19-21-23-25-27-29-31-34(42)52-40(47)38(46)36(44)37(45)39(54-55(49,50)51-33-6-3)41(40,48)53-35(43)32-30-28-26-24-22-20-18-16-14-12-10-8-5-2/h36-39,44-48H,4-33H2,1-3H3,(H,49,50)/t36-,37-,38+,39+,40+,41-/m0/s1. The van der Waals surface area contributed by atoms with Crippen LogP contribution in [0.4, 0.5) is 0 Å². The molecule has 1 rings (SSSR count). The summed E-state index contributed by atoms with van der Waals surface area (Å²) in [6, 6.07) is 0. The van der Waals surface area contributed by atoms with E-state index >= 15 is 0 Å². The molecule has 0 aliphatic heterocycles. The maximum atomic E-state index is 13.1. The van der Waals surface area contributed by atoms with Gasteiger partial charge in [0.15, 0.2) is 12.2 Å². The van der Waals surface area contributed by atoms with E-state index in [1.165, 1.54) is 89.9 Å². The van der Waals surface area contributed by atoms with Crippen molar-refractivity contribution in [3.8, 4) is 0 Å². The molecule has 326 valence electrons. The number of phosphoric acid groups is 1. The molecule has 1 unspecified atom stereocenters. The van der Waals surface area contributed by atoms with Gasteiger partial charge in [-0.25, -0.2) is 4.57 Å². The summed E-state index contributed by atoms with van der Waals surface area (Å²) in [5, 5.41) is 55.8.